The van der Waals surface area contributed by atoms with E-state index in [1.807, 2.05) is 25.1 Å². The topological polar surface area (TPSA) is 91.1 Å². The molecule has 0 aliphatic heterocycles. The van der Waals surface area contributed by atoms with Gasteiger partial charge in [-0.2, -0.15) is 10.4 Å². The summed E-state index contributed by atoms with van der Waals surface area (Å²) in [5, 5.41) is 15.9. The quantitative estimate of drug-likeness (QED) is 0.763. The molecule has 0 atom stereocenters. The number of nitriles is 1. The third-order valence-corrected chi connectivity index (χ3v) is 2.79. The van der Waals surface area contributed by atoms with Crippen LogP contribution in [0.4, 0.5) is 0 Å². The Hall–Kier alpha value is -3.07. The molecule has 6 nitrogen and oxygen atoms in total. The lowest BCUT2D eigenvalue weighted by Gasteiger charge is -1.96. The van der Waals surface area contributed by atoms with Crippen molar-refractivity contribution in [2.45, 2.75) is 6.92 Å². The van der Waals surface area contributed by atoms with E-state index in [2.05, 4.69) is 25.1 Å². The van der Waals surface area contributed by atoms with Crippen molar-refractivity contribution in [3.05, 3.63) is 48.0 Å². The average Bonchev–Trinajstić information content (AvgIpc) is 2.97. The summed E-state index contributed by atoms with van der Waals surface area (Å²) in [6, 6.07) is 9.22. The van der Waals surface area contributed by atoms with Crippen molar-refractivity contribution in [1.82, 2.24) is 25.1 Å². The number of nitrogens with zero attached hydrogens (tertiary/aromatic N) is 5. The first-order valence-electron chi connectivity index (χ1n) is 5.98. The molecule has 20 heavy (non-hydrogen) atoms. The summed E-state index contributed by atoms with van der Waals surface area (Å²) >= 11 is 0. The van der Waals surface area contributed by atoms with Gasteiger partial charge in [0.25, 0.3) is 0 Å². The van der Waals surface area contributed by atoms with Gasteiger partial charge in [-0.1, -0.05) is 0 Å². The van der Waals surface area contributed by atoms with Gasteiger partial charge in [-0.25, -0.2) is 9.97 Å². The zero-order valence-corrected chi connectivity index (χ0v) is 10.7. The van der Waals surface area contributed by atoms with Gasteiger partial charge in [0.2, 0.25) is 0 Å². The SMILES string of the molecule is Cc1cc(-c2nc(-c3ccnc(C#N)c3)n[nH]2)ccn1. The fourth-order valence-electron chi connectivity index (χ4n) is 1.84. The minimum absolute atomic E-state index is 0.341. The summed E-state index contributed by atoms with van der Waals surface area (Å²) in [6.45, 7) is 1.92. The van der Waals surface area contributed by atoms with Crippen LogP contribution in [0, 0.1) is 18.3 Å². The molecule has 1 N–H and O–H groups in total. The van der Waals surface area contributed by atoms with Gasteiger partial charge in [0.15, 0.2) is 11.6 Å². The van der Waals surface area contributed by atoms with Gasteiger partial charge >= 0.3 is 0 Å². The predicted molar refractivity (Wildman–Crippen MR) is 72.3 cm³/mol. The third-order valence-electron chi connectivity index (χ3n) is 2.79. The molecule has 0 amide bonds. The van der Waals surface area contributed by atoms with Gasteiger partial charge in [0.1, 0.15) is 11.8 Å². The second kappa shape index (κ2) is 4.90. The van der Waals surface area contributed by atoms with E-state index in [0.29, 0.717) is 17.3 Å². The Morgan fingerprint density at radius 1 is 1.10 bits per heavy atom. The van der Waals surface area contributed by atoms with Crippen LogP contribution in [0.2, 0.25) is 0 Å². The maximum absolute atomic E-state index is 8.85. The monoisotopic (exact) mass is 262 g/mol. The highest BCUT2D eigenvalue weighted by molar-refractivity contribution is 5.61. The highest BCUT2D eigenvalue weighted by Crippen LogP contribution is 2.20. The zero-order chi connectivity index (χ0) is 13.9. The van der Waals surface area contributed by atoms with Gasteiger partial charge in [0, 0.05) is 29.2 Å². The molecule has 0 saturated heterocycles. The Morgan fingerprint density at radius 3 is 2.70 bits per heavy atom. The second-order valence-corrected chi connectivity index (χ2v) is 4.24. The average molecular weight is 262 g/mol. The molecule has 0 radical (unpaired) electrons. The van der Waals surface area contributed by atoms with Crippen molar-refractivity contribution in [2.24, 2.45) is 0 Å². The number of H-pyrrole nitrogens is 1. The molecule has 0 fully saturated rings. The van der Waals surface area contributed by atoms with E-state index in [0.717, 1.165) is 16.8 Å². The molecule has 0 saturated carbocycles. The van der Waals surface area contributed by atoms with Crippen molar-refractivity contribution >= 4 is 0 Å². The van der Waals surface area contributed by atoms with Gasteiger partial charge < -0.3 is 0 Å². The van der Waals surface area contributed by atoms with Gasteiger partial charge in [-0.05, 0) is 31.2 Å². The van der Waals surface area contributed by atoms with E-state index >= 15 is 0 Å². The first kappa shape index (κ1) is 12.0. The van der Waals surface area contributed by atoms with Crippen LogP contribution in [-0.4, -0.2) is 25.1 Å². The number of rotatable bonds is 2. The number of nitrogens with one attached hydrogen (secondary N) is 1. The molecule has 0 bridgehead atoms. The first-order valence-corrected chi connectivity index (χ1v) is 5.98. The Balaban J connectivity index is 2.00. The molecule has 0 aliphatic rings. The number of aromatic nitrogens is 5. The maximum atomic E-state index is 8.85. The van der Waals surface area contributed by atoms with Gasteiger partial charge in [0.05, 0.1) is 0 Å². The predicted octanol–water partition coefficient (Wildman–Crippen LogP) is 2.11. The van der Waals surface area contributed by atoms with E-state index in [4.69, 9.17) is 5.26 Å². The van der Waals surface area contributed by atoms with Crippen LogP contribution in [0.15, 0.2) is 36.7 Å². The van der Waals surface area contributed by atoms with Crippen LogP contribution >= 0.6 is 0 Å². The van der Waals surface area contributed by atoms with Crippen LogP contribution < -0.4 is 0 Å². The van der Waals surface area contributed by atoms with Gasteiger partial charge in [-0.15, -0.1) is 0 Å². The van der Waals surface area contributed by atoms with Crippen molar-refractivity contribution in [1.29, 1.82) is 5.26 Å². The highest BCUT2D eigenvalue weighted by Gasteiger charge is 2.08. The van der Waals surface area contributed by atoms with Gasteiger partial charge in [-0.3, -0.25) is 10.1 Å². The summed E-state index contributed by atoms with van der Waals surface area (Å²) in [6.07, 6.45) is 3.30. The summed E-state index contributed by atoms with van der Waals surface area (Å²) in [4.78, 5) is 12.5. The molecule has 0 aliphatic carbocycles. The molecule has 3 aromatic heterocycles. The van der Waals surface area contributed by atoms with Crippen molar-refractivity contribution in [2.75, 3.05) is 0 Å². The Kier molecular flexibility index (Phi) is 2.94. The Morgan fingerprint density at radius 2 is 1.90 bits per heavy atom. The molecule has 0 unspecified atom stereocenters. The van der Waals surface area contributed by atoms with Crippen LogP contribution in [0.3, 0.4) is 0 Å². The summed E-state index contributed by atoms with van der Waals surface area (Å²) in [5.74, 6) is 1.20. The molecule has 0 aromatic carbocycles. The molecule has 3 rings (SSSR count). The van der Waals surface area contributed by atoms with Crippen LogP contribution in [0.5, 0.6) is 0 Å². The fourth-order valence-corrected chi connectivity index (χ4v) is 1.84. The number of aromatic amines is 1. The molecule has 0 spiro atoms. The summed E-state index contributed by atoms with van der Waals surface area (Å²) in [7, 11) is 0. The Bertz CT molecular complexity index is 799. The molecule has 3 aromatic rings. The highest BCUT2D eigenvalue weighted by atomic mass is 15.2. The lowest BCUT2D eigenvalue weighted by Crippen LogP contribution is -1.86. The van der Waals surface area contributed by atoms with Crippen LogP contribution in [-0.2, 0) is 0 Å². The maximum Gasteiger partial charge on any atom is 0.181 e. The molecule has 96 valence electrons. The van der Waals surface area contributed by atoms with E-state index in [-0.39, 0.29) is 0 Å². The normalized spacial score (nSPS) is 10.2. The standard InChI is InChI=1S/C14H10N6/c1-9-6-10(2-4-16-9)13-18-14(20-19-13)11-3-5-17-12(7-11)8-15/h2-7H,1H3,(H,18,19,20). The zero-order valence-electron chi connectivity index (χ0n) is 10.7. The Labute approximate surface area is 115 Å². The number of hydrogen-bond acceptors (Lipinski definition) is 5. The van der Waals surface area contributed by atoms with Crippen molar-refractivity contribution in [3.8, 4) is 28.8 Å². The van der Waals surface area contributed by atoms with Crippen molar-refractivity contribution in [3.63, 3.8) is 0 Å². The number of pyridine rings is 2. The lowest BCUT2D eigenvalue weighted by molar-refractivity contribution is 1.09. The molecular weight excluding hydrogens is 252 g/mol. The fraction of sp³-hybridized carbons (Fsp3) is 0.0714. The summed E-state index contributed by atoms with van der Waals surface area (Å²) in [5.41, 5.74) is 2.93. The lowest BCUT2D eigenvalue weighted by atomic mass is 10.2. The third kappa shape index (κ3) is 2.24. The van der Waals surface area contributed by atoms with E-state index in [1.54, 1.807) is 24.5 Å². The van der Waals surface area contributed by atoms with E-state index in [1.165, 1.54) is 0 Å². The molecular formula is C14H10N6. The largest absolute Gasteiger partial charge is 0.262 e. The second-order valence-electron chi connectivity index (χ2n) is 4.24. The molecule has 6 heteroatoms. The van der Waals surface area contributed by atoms with E-state index < -0.39 is 0 Å². The van der Waals surface area contributed by atoms with Crippen LogP contribution in [0.1, 0.15) is 11.4 Å². The summed E-state index contributed by atoms with van der Waals surface area (Å²) < 4.78 is 0. The number of aryl methyl sites for hydroxylation is 1. The number of hydrogen-bond donors (Lipinski definition) is 1. The minimum atomic E-state index is 0.341. The van der Waals surface area contributed by atoms with Crippen LogP contribution in [0.25, 0.3) is 22.8 Å². The minimum Gasteiger partial charge on any atom is -0.262 e. The smallest absolute Gasteiger partial charge is 0.181 e. The molecule has 3 heterocycles. The first-order chi connectivity index (χ1) is 9.76. The van der Waals surface area contributed by atoms with E-state index in [9.17, 15) is 0 Å². The van der Waals surface area contributed by atoms with Crippen molar-refractivity contribution < 1.29 is 0 Å².